The number of rotatable bonds is 8. The van der Waals surface area contributed by atoms with Gasteiger partial charge in [-0.05, 0) is 6.42 Å². The van der Waals surface area contributed by atoms with Crippen LogP contribution in [0, 0.1) is 5.92 Å². The molecule has 0 aliphatic carbocycles. The fourth-order valence-corrected chi connectivity index (χ4v) is 2.51. The molecular formula is C13H24O10. The molecule has 0 aromatic carbocycles. The lowest BCUT2D eigenvalue weighted by Gasteiger charge is -2.41. The van der Waals surface area contributed by atoms with Crippen molar-refractivity contribution in [2.75, 3.05) is 13.2 Å². The molecule has 0 spiro atoms. The molecule has 136 valence electrons. The van der Waals surface area contributed by atoms with E-state index < -0.39 is 68.0 Å². The van der Waals surface area contributed by atoms with Gasteiger partial charge in [-0.1, -0.05) is 0 Å². The van der Waals surface area contributed by atoms with Gasteiger partial charge in [0.15, 0.2) is 0 Å². The molecule has 9 atom stereocenters. The Morgan fingerprint density at radius 1 is 0.913 bits per heavy atom. The van der Waals surface area contributed by atoms with Crippen LogP contribution in [0.2, 0.25) is 0 Å². The second-order valence-corrected chi connectivity index (χ2v) is 5.63. The first kappa shape index (κ1) is 20.4. The van der Waals surface area contributed by atoms with Crippen LogP contribution in [0.1, 0.15) is 6.42 Å². The normalized spacial score (nSPS) is 37.0. The molecule has 23 heavy (non-hydrogen) atoms. The summed E-state index contributed by atoms with van der Waals surface area (Å²) < 4.78 is 5.21. The van der Waals surface area contributed by atoms with Crippen molar-refractivity contribution in [3.63, 3.8) is 0 Å². The van der Waals surface area contributed by atoms with E-state index in [-0.39, 0.29) is 12.7 Å². The average Bonchev–Trinajstić information content (AvgIpc) is 2.57. The number of hydrogen-bond donors (Lipinski definition) is 8. The van der Waals surface area contributed by atoms with E-state index in [2.05, 4.69) is 0 Å². The maximum absolute atomic E-state index is 11.1. The van der Waals surface area contributed by atoms with E-state index in [1.165, 1.54) is 0 Å². The molecule has 0 aromatic heterocycles. The van der Waals surface area contributed by atoms with Crippen LogP contribution in [-0.4, -0.2) is 109 Å². The van der Waals surface area contributed by atoms with Gasteiger partial charge in [0.05, 0.1) is 25.4 Å². The maximum Gasteiger partial charge on any atom is 0.125 e. The summed E-state index contributed by atoms with van der Waals surface area (Å²) in [5, 5.41) is 75.8. The van der Waals surface area contributed by atoms with Crippen LogP contribution in [0.3, 0.4) is 0 Å². The monoisotopic (exact) mass is 340 g/mol. The molecule has 1 heterocycles. The molecule has 0 saturated carbocycles. The van der Waals surface area contributed by atoms with Crippen LogP contribution in [0.15, 0.2) is 0 Å². The third-order valence-electron chi connectivity index (χ3n) is 4.04. The zero-order valence-corrected chi connectivity index (χ0v) is 12.3. The van der Waals surface area contributed by atoms with E-state index in [1.54, 1.807) is 0 Å². The van der Waals surface area contributed by atoms with Crippen molar-refractivity contribution in [2.45, 2.75) is 55.3 Å². The molecule has 1 rings (SSSR count). The van der Waals surface area contributed by atoms with Crippen molar-refractivity contribution in [2.24, 2.45) is 5.92 Å². The standard InChI is InChI=1S/C13H24O10/c14-2-5(9(18)10(19)6(17)3-15)1-7-11(20)13(22)12(21)8(4-16)23-7/h2,5-13,15-22H,1,3-4H2/t5-,6+,7-,8+,9+,10+,11-,12+,13+/m0/s1. The van der Waals surface area contributed by atoms with E-state index >= 15 is 0 Å². The molecule has 1 aliphatic heterocycles. The smallest absolute Gasteiger partial charge is 0.125 e. The summed E-state index contributed by atoms with van der Waals surface area (Å²) in [7, 11) is 0. The van der Waals surface area contributed by atoms with Gasteiger partial charge in [-0.2, -0.15) is 0 Å². The average molecular weight is 340 g/mol. The second-order valence-electron chi connectivity index (χ2n) is 5.63. The lowest BCUT2D eigenvalue weighted by atomic mass is 9.86. The Bertz CT molecular complexity index is 365. The predicted octanol–water partition coefficient (Wildman–Crippen LogP) is -4.89. The van der Waals surface area contributed by atoms with Crippen LogP contribution in [0.5, 0.6) is 0 Å². The van der Waals surface area contributed by atoms with Crippen LogP contribution in [0.4, 0.5) is 0 Å². The summed E-state index contributed by atoms with van der Waals surface area (Å²) in [5.41, 5.74) is 0. The lowest BCUT2D eigenvalue weighted by Crippen LogP contribution is -2.59. The minimum Gasteiger partial charge on any atom is -0.394 e. The van der Waals surface area contributed by atoms with E-state index in [0.29, 0.717) is 0 Å². The summed E-state index contributed by atoms with van der Waals surface area (Å²) >= 11 is 0. The number of carbonyl (C=O) groups is 1. The maximum atomic E-state index is 11.1. The lowest BCUT2D eigenvalue weighted by molar-refractivity contribution is -0.234. The van der Waals surface area contributed by atoms with Gasteiger partial charge in [-0.3, -0.25) is 0 Å². The zero-order valence-electron chi connectivity index (χ0n) is 12.3. The minimum absolute atomic E-state index is 0.277. The van der Waals surface area contributed by atoms with Crippen LogP contribution >= 0.6 is 0 Å². The Morgan fingerprint density at radius 2 is 1.48 bits per heavy atom. The van der Waals surface area contributed by atoms with Crippen molar-refractivity contribution in [1.82, 2.24) is 0 Å². The quantitative estimate of drug-likeness (QED) is 0.199. The highest BCUT2D eigenvalue weighted by atomic mass is 16.5. The van der Waals surface area contributed by atoms with Crippen molar-refractivity contribution in [1.29, 1.82) is 0 Å². The molecule has 0 bridgehead atoms. The molecule has 10 nitrogen and oxygen atoms in total. The van der Waals surface area contributed by atoms with Gasteiger partial charge in [-0.25, -0.2) is 0 Å². The number of hydrogen-bond acceptors (Lipinski definition) is 10. The van der Waals surface area contributed by atoms with Gasteiger partial charge in [0.25, 0.3) is 0 Å². The SMILES string of the molecule is O=C[C@H](C[C@@H]1O[C@H](CO)[C@@H](O)[C@H](O)[C@H]1O)[C@@H](O)[C@H](O)[C@H](O)CO. The molecular weight excluding hydrogens is 316 g/mol. The number of ether oxygens (including phenoxy) is 1. The fourth-order valence-electron chi connectivity index (χ4n) is 2.51. The van der Waals surface area contributed by atoms with Crippen molar-refractivity contribution in [3.8, 4) is 0 Å². The highest BCUT2D eigenvalue weighted by molar-refractivity contribution is 5.54. The van der Waals surface area contributed by atoms with E-state index in [1.807, 2.05) is 0 Å². The molecule has 1 aliphatic rings. The first-order chi connectivity index (χ1) is 10.8. The van der Waals surface area contributed by atoms with Crippen molar-refractivity contribution >= 4 is 6.29 Å². The topological polar surface area (TPSA) is 188 Å². The summed E-state index contributed by atoms with van der Waals surface area (Å²) in [5.74, 6) is -1.28. The van der Waals surface area contributed by atoms with Gasteiger partial charge in [0.2, 0.25) is 0 Å². The van der Waals surface area contributed by atoms with E-state index in [4.69, 9.17) is 14.9 Å². The summed E-state index contributed by atoms with van der Waals surface area (Å²) in [6.45, 7) is -1.47. The van der Waals surface area contributed by atoms with Crippen LogP contribution in [0.25, 0.3) is 0 Å². The molecule has 0 amide bonds. The largest absolute Gasteiger partial charge is 0.394 e. The molecule has 1 saturated heterocycles. The van der Waals surface area contributed by atoms with Crippen LogP contribution in [-0.2, 0) is 9.53 Å². The number of aliphatic hydroxyl groups is 8. The number of aldehydes is 1. The molecule has 1 fully saturated rings. The molecule has 0 radical (unpaired) electrons. The van der Waals surface area contributed by atoms with Gasteiger partial charge in [0.1, 0.15) is 42.9 Å². The molecule has 0 unspecified atom stereocenters. The van der Waals surface area contributed by atoms with Gasteiger partial charge >= 0.3 is 0 Å². The van der Waals surface area contributed by atoms with Gasteiger partial charge in [-0.15, -0.1) is 0 Å². The first-order valence-electron chi connectivity index (χ1n) is 7.19. The number of aliphatic hydroxyl groups excluding tert-OH is 8. The third kappa shape index (κ3) is 4.66. The second kappa shape index (κ2) is 8.97. The first-order valence-corrected chi connectivity index (χ1v) is 7.19. The van der Waals surface area contributed by atoms with Crippen molar-refractivity contribution in [3.05, 3.63) is 0 Å². The Kier molecular flexibility index (Phi) is 7.94. The Hall–Kier alpha value is -0.690. The van der Waals surface area contributed by atoms with Gasteiger partial charge in [0, 0.05) is 5.92 Å². The van der Waals surface area contributed by atoms with Crippen molar-refractivity contribution < 1.29 is 50.4 Å². The summed E-state index contributed by atoms with van der Waals surface area (Å²) in [6, 6.07) is 0. The Labute approximate surface area is 132 Å². The zero-order chi connectivity index (χ0) is 17.7. The molecule has 0 aromatic rings. The minimum atomic E-state index is -1.81. The fraction of sp³-hybridized carbons (Fsp3) is 0.923. The summed E-state index contributed by atoms with van der Waals surface area (Å²) in [4.78, 5) is 11.1. The van der Waals surface area contributed by atoms with Gasteiger partial charge < -0.3 is 50.4 Å². The van der Waals surface area contributed by atoms with E-state index in [9.17, 15) is 35.4 Å². The Morgan fingerprint density at radius 3 is 1.96 bits per heavy atom. The molecule has 10 heteroatoms. The number of carbonyl (C=O) groups excluding carboxylic acids is 1. The van der Waals surface area contributed by atoms with Crippen LogP contribution < -0.4 is 0 Å². The Balaban J connectivity index is 2.79. The highest BCUT2D eigenvalue weighted by Crippen LogP contribution is 2.27. The highest BCUT2D eigenvalue weighted by Gasteiger charge is 2.45. The third-order valence-corrected chi connectivity index (χ3v) is 4.04. The van der Waals surface area contributed by atoms with E-state index in [0.717, 1.165) is 0 Å². The summed E-state index contributed by atoms with van der Waals surface area (Å²) in [6.07, 6.45) is -12.4. The molecule has 8 N–H and O–H groups in total. The predicted molar refractivity (Wildman–Crippen MR) is 73.0 cm³/mol.